The van der Waals surface area contributed by atoms with Crippen LogP contribution >= 0.6 is 0 Å². The number of ether oxygens (including phenoxy) is 1. The summed E-state index contributed by atoms with van der Waals surface area (Å²) in [5, 5.41) is 15.8. The fourth-order valence-electron chi connectivity index (χ4n) is 3.49. The summed E-state index contributed by atoms with van der Waals surface area (Å²) in [4.78, 5) is 36.1. The molecule has 156 valence electrons. The average molecular weight is 416 g/mol. The molecular formula is C24H18NO6-. The van der Waals surface area contributed by atoms with Crippen LogP contribution in [0.5, 0.6) is 5.75 Å². The quantitative estimate of drug-likeness (QED) is 0.381. The fourth-order valence-corrected chi connectivity index (χ4v) is 3.49. The SMILES string of the molecule is Cc1c(OCC(=O)N[C@H](C(=O)[O-])c2ccccc2)ccc2c1oc(=O)c1ccccc12. The lowest BCUT2D eigenvalue weighted by molar-refractivity contribution is -0.308. The number of carboxylic acids is 1. The number of aliphatic carboxylic acids is 1. The molecule has 0 saturated carbocycles. The van der Waals surface area contributed by atoms with Crippen LogP contribution in [0.25, 0.3) is 21.7 Å². The Kier molecular flexibility index (Phi) is 5.41. The van der Waals surface area contributed by atoms with Crippen LogP contribution in [-0.2, 0) is 9.59 Å². The first kappa shape index (κ1) is 20.2. The molecule has 3 aromatic carbocycles. The first-order chi connectivity index (χ1) is 15.0. The van der Waals surface area contributed by atoms with E-state index in [4.69, 9.17) is 9.15 Å². The van der Waals surface area contributed by atoms with E-state index in [1.54, 1.807) is 61.5 Å². The summed E-state index contributed by atoms with van der Waals surface area (Å²) < 4.78 is 11.1. The number of carbonyl (C=O) groups is 2. The molecule has 0 saturated heterocycles. The number of hydrogen-bond donors (Lipinski definition) is 1. The van der Waals surface area contributed by atoms with E-state index in [1.165, 1.54) is 0 Å². The first-order valence-electron chi connectivity index (χ1n) is 9.59. The minimum Gasteiger partial charge on any atom is -0.548 e. The third-order valence-corrected chi connectivity index (χ3v) is 5.02. The summed E-state index contributed by atoms with van der Waals surface area (Å²) in [5.41, 5.74) is 0.873. The van der Waals surface area contributed by atoms with Crippen LogP contribution in [0.2, 0.25) is 0 Å². The van der Waals surface area contributed by atoms with Crippen molar-refractivity contribution in [3.05, 3.63) is 88.3 Å². The molecular weight excluding hydrogens is 398 g/mol. The van der Waals surface area contributed by atoms with Crippen molar-refractivity contribution in [2.24, 2.45) is 0 Å². The second-order valence-electron chi connectivity index (χ2n) is 7.02. The summed E-state index contributed by atoms with van der Waals surface area (Å²) in [6.45, 7) is 1.31. The first-order valence-corrected chi connectivity index (χ1v) is 9.59. The Balaban J connectivity index is 1.55. The third-order valence-electron chi connectivity index (χ3n) is 5.02. The molecule has 0 radical (unpaired) electrons. The predicted molar refractivity (Wildman–Crippen MR) is 113 cm³/mol. The average Bonchev–Trinajstić information content (AvgIpc) is 2.78. The lowest BCUT2D eigenvalue weighted by Crippen LogP contribution is -2.43. The number of hydrogen-bond acceptors (Lipinski definition) is 6. The highest BCUT2D eigenvalue weighted by molar-refractivity contribution is 6.05. The molecule has 0 bridgehead atoms. The Morgan fingerprint density at radius 2 is 1.65 bits per heavy atom. The number of carboxylic acid groups (broad SMARTS) is 1. The van der Waals surface area contributed by atoms with E-state index in [1.807, 2.05) is 12.1 Å². The number of carbonyl (C=O) groups excluding carboxylic acids is 2. The summed E-state index contributed by atoms with van der Waals surface area (Å²) in [6, 6.07) is 17.5. The van der Waals surface area contributed by atoms with Crippen LogP contribution in [0, 0.1) is 6.92 Å². The summed E-state index contributed by atoms with van der Waals surface area (Å²) in [5.74, 6) is -1.70. The molecule has 0 spiro atoms. The van der Waals surface area contributed by atoms with E-state index >= 15 is 0 Å². The molecule has 4 rings (SSSR count). The summed E-state index contributed by atoms with van der Waals surface area (Å²) >= 11 is 0. The van der Waals surface area contributed by atoms with Crippen molar-refractivity contribution in [3.8, 4) is 5.75 Å². The van der Waals surface area contributed by atoms with Gasteiger partial charge in [0.2, 0.25) is 0 Å². The van der Waals surface area contributed by atoms with Crippen molar-refractivity contribution in [2.45, 2.75) is 13.0 Å². The van der Waals surface area contributed by atoms with E-state index in [-0.39, 0.29) is 0 Å². The Morgan fingerprint density at radius 3 is 2.35 bits per heavy atom. The van der Waals surface area contributed by atoms with E-state index in [9.17, 15) is 19.5 Å². The number of fused-ring (bicyclic) bond motifs is 3. The highest BCUT2D eigenvalue weighted by atomic mass is 16.5. The van der Waals surface area contributed by atoms with Gasteiger partial charge in [0.05, 0.1) is 17.4 Å². The fraction of sp³-hybridized carbons (Fsp3) is 0.125. The minimum atomic E-state index is -1.42. The molecule has 7 nitrogen and oxygen atoms in total. The molecule has 0 aliphatic carbocycles. The van der Waals surface area contributed by atoms with Gasteiger partial charge in [-0.2, -0.15) is 0 Å². The van der Waals surface area contributed by atoms with E-state index in [0.29, 0.717) is 27.8 Å². The van der Waals surface area contributed by atoms with Crippen molar-refractivity contribution in [3.63, 3.8) is 0 Å². The Hall–Kier alpha value is -4.13. The predicted octanol–water partition coefficient (Wildman–Crippen LogP) is 2.24. The van der Waals surface area contributed by atoms with Gasteiger partial charge in [-0.05, 0) is 36.1 Å². The third kappa shape index (κ3) is 3.98. The number of rotatable bonds is 6. The van der Waals surface area contributed by atoms with Gasteiger partial charge in [-0.25, -0.2) is 4.79 Å². The van der Waals surface area contributed by atoms with Crippen LogP contribution in [0.4, 0.5) is 0 Å². The normalized spacial score (nSPS) is 11.9. The van der Waals surface area contributed by atoms with Crippen molar-refractivity contribution < 1.29 is 23.8 Å². The number of aryl methyl sites for hydroxylation is 1. The standard InChI is InChI=1S/C24H19NO6/c1-14-19(12-11-17-16-9-5-6-10-18(16)24(29)31-22(14)17)30-13-20(26)25-21(23(27)28)15-7-3-2-4-8-15/h2-12,21H,13H2,1H3,(H,25,26)(H,27,28)/p-1/t21-/m0/s1. The molecule has 7 heteroatoms. The van der Waals surface area contributed by atoms with Gasteiger partial charge in [0.25, 0.3) is 5.91 Å². The second-order valence-corrected chi connectivity index (χ2v) is 7.02. The van der Waals surface area contributed by atoms with Crippen molar-refractivity contribution in [2.75, 3.05) is 6.61 Å². The molecule has 1 aromatic heterocycles. The Labute approximate surface area is 176 Å². The van der Waals surface area contributed by atoms with Crippen LogP contribution in [-0.4, -0.2) is 18.5 Å². The second kappa shape index (κ2) is 8.31. The topological polar surface area (TPSA) is 109 Å². The molecule has 1 atom stereocenters. The van der Waals surface area contributed by atoms with Crippen LogP contribution < -0.4 is 20.8 Å². The van der Waals surface area contributed by atoms with Gasteiger partial charge in [-0.1, -0.05) is 48.5 Å². The van der Waals surface area contributed by atoms with Gasteiger partial charge >= 0.3 is 5.63 Å². The van der Waals surface area contributed by atoms with E-state index < -0.39 is 30.2 Å². The van der Waals surface area contributed by atoms with E-state index in [2.05, 4.69) is 5.32 Å². The molecule has 0 fully saturated rings. The molecule has 1 N–H and O–H groups in total. The molecule has 0 aliphatic heterocycles. The van der Waals surface area contributed by atoms with Gasteiger partial charge in [-0.15, -0.1) is 0 Å². The Bertz CT molecular complexity index is 1340. The molecule has 1 heterocycles. The maximum absolute atomic E-state index is 12.3. The highest BCUT2D eigenvalue weighted by Crippen LogP contribution is 2.30. The number of nitrogens with one attached hydrogen (secondary N) is 1. The lowest BCUT2D eigenvalue weighted by atomic mass is 10.0. The van der Waals surface area contributed by atoms with Gasteiger partial charge < -0.3 is 24.4 Å². The monoisotopic (exact) mass is 416 g/mol. The van der Waals surface area contributed by atoms with Gasteiger partial charge in [0.15, 0.2) is 6.61 Å². The maximum atomic E-state index is 12.3. The smallest absolute Gasteiger partial charge is 0.344 e. The van der Waals surface area contributed by atoms with Gasteiger partial charge in [-0.3, -0.25) is 4.79 Å². The summed E-state index contributed by atoms with van der Waals surface area (Å²) in [6.07, 6.45) is 0. The largest absolute Gasteiger partial charge is 0.548 e. The van der Waals surface area contributed by atoms with Crippen LogP contribution in [0.15, 0.2) is 75.9 Å². The van der Waals surface area contributed by atoms with Crippen LogP contribution in [0.1, 0.15) is 17.2 Å². The summed E-state index contributed by atoms with van der Waals surface area (Å²) in [7, 11) is 0. The minimum absolute atomic E-state index is 0.353. The zero-order chi connectivity index (χ0) is 22.0. The van der Waals surface area contributed by atoms with Crippen molar-refractivity contribution in [1.82, 2.24) is 5.32 Å². The number of benzene rings is 3. The molecule has 1 amide bonds. The van der Waals surface area contributed by atoms with Crippen LogP contribution in [0.3, 0.4) is 0 Å². The van der Waals surface area contributed by atoms with Gasteiger partial charge in [0, 0.05) is 10.9 Å². The zero-order valence-corrected chi connectivity index (χ0v) is 16.6. The lowest BCUT2D eigenvalue weighted by Gasteiger charge is -2.20. The van der Waals surface area contributed by atoms with Crippen molar-refractivity contribution in [1.29, 1.82) is 0 Å². The van der Waals surface area contributed by atoms with Gasteiger partial charge in [0.1, 0.15) is 11.3 Å². The Morgan fingerprint density at radius 1 is 0.968 bits per heavy atom. The van der Waals surface area contributed by atoms with Crippen molar-refractivity contribution >= 4 is 33.6 Å². The maximum Gasteiger partial charge on any atom is 0.344 e. The molecule has 4 aromatic rings. The molecule has 0 aliphatic rings. The zero-order valence-electron chi connectivity index (χ0n) is 16.6. The molecule has 0 unspecified atom stereocenters. The number of amides is 1. The molecule has 31 heavy (non-hydrogen) atoms. The van der Waals surface area contributed by atoms with E-state index in [0.717, 1.165) is 10.8 Å². The highest BCUT2D eigenvalue weighted by Gasteiger charge is 2.17.